The highest BCUT2D eigenvalue weighted by Gasteiger charge is 2.14. The molecule has 0 aliphatic rings. The van der Waals surface area contributed by atoms with Crippen LogP contribution in [0.1, 0.15) is 220 Å². The predicted octanol–water partition coefficient (Wildman–Crippen LogP) is 12.6. The van der Waals surface area contributed by atoms with Gasteiger partial charge in [-0.2, -0.15) is 0 Å². The zero-order chi connectivity index (χ0) is 29.4. The Labute approximate surface area is 251 Å². The lowest BCUT2D eigenvalue weighted by atomic mass is 10.0. The Morgan fingerprint density at radius 1 is 0.425 bits per heavy atom. The molecule has 40 heavy (non-hydrogen) atoms. The molecule has 3 heteroatoms. The quantitative estimate of drug-likeness (QED) is 0.0588. The average Bonchev–Trinajstić information content (AvgIpc) is 2.93. The number of unbranched alkanes of at least 4 members (excludes halogenated alkanes) is 24. The summed E-state index contributed by atoms with van der Waals surface area (Å²) < 4.78 is 5.90. The Hall–Kier alpha value is -0.860. The van der Waals surface area contributed by atoms with Gasteiger partial charge in [0.25, 0.3) is 0 Å². The number of hydrogen-bond donors (Lipinski definition) is 0. The van der Waals surface area contributed by atoms with Gasteiger partial charge in [0.05, 0.1) is 0 Å². The molecule has 0 aromatic rings. The highest BCUT2D eigenvalue weighted by atomic mass is 16.5. The summed E-state index contributed by atoms with van der Waals surface area (Å²) in [5, 5.41) is 0. The third-order valence-electron chi connectivity index (χ3n) is 8.47. The molecule has 0 aromatic carbocycles. The van der Waals surface area contributed by atoms with Crippen LogP contribution in [0.3, 0.4) is 0 Å². The standard InChI is InChI=1S/C37H72O3/c1-4-6-8-10-12-14-16-18-20-22-24-26-28-32-36(33-30-31-35(3)38)40-37(39)34-29-27-25-23-21-19-17-15-13-11-9-7-5-2/h36H,4-34H2,1-3H3. The van der Waals surface area contributed by atoms with Crippen LogP contribution in [0.4, 0.5) is 0 Å². The van der Waals surface area contributed by atoms with E-state index in [-0.39, 0.29) is 17.9 Å². The molecule has 238 valence electrons. The lowest BCUT2D eigenvalue weighted by Gasteiger charge is -2.18. The van der Waals surface area contributed by atoms with Crippen molar-refractivity contribution in [3.63, 3.8) is 0 Å². The van der Waals surface area contributed by atoms with E-state index >= 15 is 0 Å². The molecular weight excluding hydrogens is 492 g/mol. The van der Waals surface area contributed by atoms with Gasteiger partial charge in [0.2, 0.25) is 0 Å². The van der Waals surface area contributed by atoms with Crippen molar-refractivity contribution in [2.24, 2.45) is 0 Å². The van der Waals surface area contributed by atoms with Gasteiger partial charge in [-0.25, -0.2) is 0 Å². The first-order valence-electron chi connectivity index (χ1n) is 18.3. The van der Waals surface area contributed by atoms with Crippen LogP contribution in [0, 0.1) is 0 Å². The maximum Gasteiger partial charge on any atom is 0.306 e. The van der Waals surface area contributed by atoms with Crippen molar-refractivity contribution >= 4 is 11.8 Å². The number of carbonyl (C=O) groups is 2. The number of ketones is 1. The Bertz CT molecular complexity index is 530. The smallest absolute Gasteiger partial charge is 0.306 e. The minimum atomic E-state index is -0.0226. The van der Waals surface area contributed by atoms with Crippen molar-refractivity contribution in [2.45, 2.75) is 226 Å². The van der Waals surface area contributed by atoms with E-state index in [1.807, 2.05) is 0 Å². The minimum absolute atomic E-state index is 0.00142. The molecule has 1 atom stereocenters. The van der Waals surface area contributed by atoms with Crippen molar-refractivity contribution in [1.29, 1.82) is 0 Å². The fourth-order valence-electron chi connectivity index (χ4n) is 5.76. The number of ether oxygens (including phenoxy) is 1. The molecule has 0 bridgehead atoms. The monoisotopic (exact) mass is 565 g/mol. The van der Waals surface area contributed by atoms with Gasteiger partial charge in [0.15, 0.2) is 0 Å². The number of hydrogen-bond acceptors (Lipinski definition) is 3. The summed E-state index contributed by atoms with van der Waals surface area (Å²) in [6, 6.07) is 0. The number of esters is 1. The first kappa shape index (κ1) is 39.1. The first-order chi connectivity index (χ1) is 19.6. The van der Waals surface area contributed by atoms with Gasteiger partial charge < -0.3 is 9.53 Å². The third kappa shape index (κ3) is 31.7. The molecule has 1 unspecified atom stereocenters. The number of Topliss-reactive ketones (excluding diaryl/α,β-unsaturated/α-hetero) is 1. The highest BCUT2D eigenvalue weighted by molar-refractivity contribution is 5.75. The predicted molar refractivity (Wildman–Crippen MR) is 175 cm³/mol. The SMILES string of the molecule is CCCCCCCCCCCCCCCC(=O)OC(CCCCCCCCCCCCCCC)CCCC(C)=O. The molecular formula is C37H72O3. The summed E-state index contributed by atoms with van der Waals surface area (Å²) in [6.07, 6.45) is 38.5. The van der Waals surface area contributed by atoms with E-state index in [4.69, 9.17) is 4.74 Å². The molecule has 0 spiro atoms. The lowest BCUT2D eigenvalue weighted by Crippen LogP contribution is -2.18. The van der Waals surface area contributed by atoms with Crippen LogP contribution in [-0.2, 0) is 14.3 Å². The molecule has 3 nitrogen and oxygen atoms in total. The molecule has 0 aliphatic heterocycles. The molecule has 0 aliphatic carbocycles. The van der Waals surface area contributed by atoms with Gasteiger partial charge in [-0.05, 0) is 39.0 Å². The minimum Gasteiger partial charge on any atom is -0.462 e. The van der Waals surface area contributed by atoms with E-state index in [9.17, 15) is 9.59 Å². The zero-order valence-corrected chi connectivity index (χ0v) is 27.7. The second kappa shape index (κ2) is 32.7. The van der Waals surface area contributed by atoms with Gasteiger partial charge in [-0.15, -0.1) is 0 Å². The van der Waals surface area contributed by atoms with Gasteiger partial charge in [0, 0.05) is 12.8 Å². The van der Waals surface area contributed by atoms with E-state index < -0.39 is 0 Å². The molecule has 0 aromatic heterocycles. The van der Waals surface area contributed by atoms with Crippen LogP contribution in [0.25, 0.3) is 0 Å². The third-order valence-corrected chi connectivity index (χ3v) is 8.47. The number of rotatable bonds is 33. The number of carbonyl (C=O) groups excluding carboxylic acids is 2. The van der Waals surface area contributed by atoms with Crippen molar-refractivity contribution in [3.8, 4) is 0 Å². The van der Waals surface area contributed by atoms with Crippen molar-refractivity contribution in [3.05, 3.63) is 0 Å². The van der Waals surface area contributed by atoms with Crippen LogP contribution in [-0.4, -0.2) is 17.9 Å². The van der Waals surface area contributed by atoms with Crippen LogP contribution in [0.15, 0.2) is 0 Å². The van der Waals surface area contributed by atoms with Crippen LogP contribution < -0.4 is 0 Å². The van der Waals surface area contributed by atoms with Crippen LogP contribution in [0.5, 0.6) is 0 Å². The van der Waals surface area contributed by atoms with Crippen LogP contribution >= 0.6 is 0 Å². The summed E-state index contributed by atoms with van der Waals surface area (Å²) in [5.74, 6) is 0.212. The summed E-state index contributed by atoms with van der Waals surface area (Å²) >= 11 is 0. The second-order valence-electron chi connectivity index (χ2n) is 12.7. The van der Waals surface area contributed by atoms with Gasteiger partial charge in [-0.3, -0.25) is 4.79 Å². The van der Waals surface area contributed by atoms with Crippen LogP contribution in [0.2, 0.25) is 0 Å². The van der Waals surface area contributed by atoms with Gasteiger partial charge in [-0.1, -0.05) is 168 Å². The van der Waals surface area contributed by atoms with Crippen molar-refractivity contribution < 1.29 is 14.3 Å². The topological polar surface area (TPSA) is 43.4 Å². The molecule has 0 radical (unpaired) electrons. The summed E-state index contributed by atoms with van der Waals surface area (Å²) in [6.45, 7) is 6.21. The normalized spacial score (nSPS) is 12.1. The molecule has 0 saturated carbocycles. The largest absolute Gasteiger partial charge is 0.462 e. The lowest BCUT2D eigenvalue weighted by molar-refractivity contribution is -0.150. The molecule has 0 N–H and O–H groups in total. The summed E-state index contributed by atoms with van der Waals surface area (Å²) in [7, 11) is 0. The molecule has 0 fully saturated rings. The molecule has 0 heterocycles. The maximum absolute atomic E-state index is 12.5. The van der Waals surface area contributed by atoms with Crippen molar-refractivity contribution in [2.75, 3.05) is 0 Å². The Morgan fingerprint density at radius 3 is 1.12 bits per heavy atom. The zero-order valence-electron chi connectivity index (χ0n) is 27.7. The average molecular weight is 565 g/mol. The van der Waals surface area contributed by atoms with Crippen molar-refractivity contribution in [1.82, 2.24) is 0 Å². The summed E-state index contributed by atoms with van der Waals surface area (Å²) in [4.78, 5) is 23.9. The first-order valence-corrected chi connectivity index (χ1v) is 18.3. The summed E-state index contributed by atoms with van der Waals surface area (Å²) in [5.41, 5.74) is 0. The maximum atomic E-state index is 12.5. The second-order valence-corrected chi connectivity index (χ2v) is 12.7. The van der Waals surface area contributed by atoms with E-state index in [1.54, 1.807) is 6.92 Å². The molecule has 0 rings (SSSR count). The Balaban J connectivity index is 3.80. The fourth-order valence-corrected chi connectivity index (χ4v) is 5.76. The van der Waals surface area contributed by atoms with Gasteiger partial charge >= 0.3 is 5.97 Å². The molecule has 0 saturated heterocycles. The Morgan fingerprint density at radius 2 is 0.750 bits per heavy atom. The fraction of sp³-hybridized carbons (Fsp3) is 0.946. The van der Waals surface area contributed by atoms with E-state index in [0.717, 1.165) is 38.5 Å². The van der Waals surface area contributed by atoms with E-state index in [0.29, 0.717) is 12.8 Å². The molecule has 0 amide bonds. The van der Waals surface area contributed by atoms with E-state index in [1.165, 1.54) is 148 Å². The Kier molecular flexibility index (Phi) is 31.9. The highest BCUT2D eigenvalue weighted by Crippen LogP contribution is 2.18. The van der Waals surface area contributed by atoms with Gasteiger partial charge in [0.1, 0.15) is 11.9 Å². The van der Waals surface area contributed by atoms with E-state index in [2.05, 4.69) is 13.8 Å².